The number of amides is 2. The van der Waals surface area contributed by atoms with E-state index in [0.29, 0.717) is 25.1 Å². The summed E-state index contributed by atoms with van der Waals surface area (Å²) < 4.78 is 0. The van der Waals surface area contributed by atoms with Gasteiger partial charge in [0.15, 0.2) is 5.12 Å². The molecule has 1 atom stereocenters. The van der Waals surface area contributed by atoms with Crippen LogP contribution < -0.4 is 10.2 Å². The Balaban J connectivity index is 2.07. The molecular formula is C15H18N2O3S. The van der Waals surface area contributed by atoms with Crippen molar-refractivity contribution < 1.29 is 14.4 Å². The molecule has 21 heavy (non-hydrogen) atoms. The molecule has 2 rings (SSSR count). The molecule has 0 spiro atoms. The van der Waals surface area contributed by atoms with E-state index in [4.69, 9.17) is 0 Å². The van der Waals surface area contributed by atoms with Gasteiger partial charge in [0.2, 0.25) is 5.91 Å². The third kappa shape index (κ3) is 3.85. The lowest BCUT2D eigenvalue weighted by Crippen LogP contribution is -2.25. The smallest absolute Gasteiger partial charge is 0.251 e. The number of nitrogens with zero attached hydrogens (tertiary/aromatic N) is 1. The van der Waals surface area contributed by atoms with E-state index in [0.717, 1.165) is 5.69 Å². The fraction of sp³-hybridized carbons (Fsp3) is 0.400. The molecule has 1 aliphatic rings. The van der Waals surface area contributed by atoms with Gasteiger partial charge in [-0.15, -0.1) is 0 Å². The fourth-order valence-corrected chi connectivity index (χ4v) is 3.21. The number of thioether (sulfide) groups is 1. The van der Waals surface area contributed by atoms with Crippen molar-refractivity contribution >= 4 is 34.4 Å². The SMILES string of the molecule is CCNC(=O)c1ccc(N2CC(SC(C)=O)CC2=O)cc1. The predicted octanol–water partition coefficient (Wildman–Crippen LogP) is 1.82. The van der Waals surface area contributed by atoms with Crippen molar-refractivity contribution in [2.24, 2.45) is 0 Å². The Hall–Kier alpha value is -1.82. The first-order valence-electron chi connectivity index (χ1n) is 6.87. The van der Waals surface area contributed by atoms with Crippen LogP contribution in [0.3, 0.4) is 0 Å². The highest BCUT2D eigenvalue weighted by molar-refractivity contribution is 8.14. The minimum absolute atomic E-state index is 0.0121. The third-order valence-electron chi connectivity index (χ3n) is 3.20. The second-order valence-electron chi connectivity index (χ2n) is 4.85. The van der Waals surface area contributed by atoms with Crippen LogP contribution in [-0.4, -0.2) is 35.3 Å². The molecule has 0 radical (unpaired) electrons. The number of carbonyl (C=O) groups is 3. The Morgan fingerprint density at radius 2 is 2.00 bits per heavy atom. The first-order valence-corrected chi connectivity index (χ1v) is 7.75. The monoisotopic (exact) mass is 306 g/mol. The van der Waals surface area contributed by atoms with E-state index in [-0.39, 0.29) is 22.2 Å². The molecule has 112 valence electrons. The molecule has 1 aliphatic heterocycles. The van der Waals surface area contributed by atoms with E-state index in [1.165, 1.54) is 18.7 Å². The minimum atomic E-state index is -0.123. The summed E-state index contributed by atoms with van der Waals surface area (Å²) in [6.07, 6.45) is 0.377. The molecule has 0 aliphatic carbocycles. The van der Waals surface area contributed by atoms with Gasteiger partial charge in [-0.2, -0.15) is 0 Å². The van der Waals surface area contributed by atoms with Crippen molar-refractivity contribution in [2.75, 3.05) is 18.0 Å². The van der Waals surface area contributed by atoms with Crippen LogP contribution in [0.25, 0.3) is 0 Å². The molecule has 1 fully saturated rings. The van der Waals surface area contributed by atoms with Crippen LogP contribution >= 0.6 is 11.8 Å². The quantitative estimate of drug-likeness (QED) is 0.921. The van der Waals surface area contributed by atoms with E-state index in [9.17, 15) is 14.4 Å². The van der Waals surface area contributed by atoms with E-state index < -0.39 is 0 Å². The molecule has 1 heterocycles. The Labute approximate surface area is 128 Å². The van der Waals surface area contributed by atoms with E-state index in [1.807, 2.05) is 6.92 Å². The summed E-state index contributed by atoms with van der Waals surface area (Å²) in [4.78, 5) is 36.5. The van der Waals surface area contributed by atoms with Crippen LogP contribution in [0.1, 0.15) is 30.6 Å². The first kappa shape index (κ1) is 15.6. The van der Waals surface area contributed by atoms with Crippen molar-refractivity contribution in [3.8, 4) is 0 Å². The molecule has 6 heteroatoms. The molecule has 5 nitrogen and oxygen atoms in total. The number of hydrogen-bond acceptors (Lipinski definition) is 4. The van der Waals surface area contributed by atoms with Crippen LogP contribution in [-0.2, 0) is 9.59 Å². The van der Waals surface area contributed by atoms with Crippen molar-refractivity contribution in [1.29, 1.82) is 0 Å². The molecule has 1 N–H and O–H groups in total. The van der Waals surface area contributed by atoms with Crippen LogP contribution in [0.4, 0.5) is 5.69 Å². The van der Waals surface area contributed by atoms with E-state index in [1.54, 1.807) is 29.2 Å². The largest absolute Gasteiger partial charge is 0.352 e. The van der Waals surface area contributed by atoms with Gasteiger partial charge in [0.25, 0.3) is 5.91 Å². The summed E-state index contributed by atoms with van der Waals surface area (Å²) in [6.45, 7) is 4.49. The van der Waals surface area contributed by atoms with Crippen LogP contribution in [0, 0.1) is 0 Å². The van der Waals surface area contributed by atoms with Gasteiger partial charge < -0.3 is 10.2 Å². The van der Waals surface area contributed by atoms with Crippen molar-refractivity contribution in [3.05, 3.63) is 29.8 Å². The summed E-state index contributed by atoms with van der Waals surface area (Å²) in [6, 6.07) is 6.95. The molecular weight excluding hydrogens is 288 g/mol. The molecule has 1 unspecified atom stereocenters. The minimum Gasteiger partial charge on any atom is -0.352 e. The van der Waals surface area contributed by atoms with Gasteiger partial charge in [0.05, 0.1) is 0 Å². The highest BCUT2D eigenvalue weighted by atomic mass is 32.2. The standard InChI is InChI=1S/C15H18N2O3S/c1-3-16-15(20)11-4-6-12(7-5-11)17-9-13(8-14(17)19)21-10(2)18/h4-7,13H,3,8-9H2,1-2H3,(H,16,20). The molecule has 2 amide bonds. The molecule has 0 aromatic heterocycles. The summed E-state index contributed by atoms with van der Waals surface area (Å²) in [7, 11) is 0. The van der Waals surface area contributed by atoms with E-state index in [2.05, 4.69) is 5.32 Å². The predicted molar refractivity (Wildman–Crippen MR) is 83.5 cm³/mol. The molecule has 0 bridgehead atoms. The van der Waals surface area contributed by atoms with Gasteiger partial charge in [-0.05, 0) is 31.2 Å². The second kappa shape index (κ2) is 6.76. The number of anilines is 1. The van der Waals surface area contributed by atoms with Gasteiger partial charge >= 0.3 is 0 Å². The lowest BCUT2D eigenvalue weighted by molar-refractivity contribution is -0.117. The van der Waals surface area contributed by atoms with Crippen LogP contribution in [0.5, 0.6) is 0 Å². The lowest BCUT2D eigenvalue weighted by Gasteiger charge is -2.16. The normalized spacial score (nSPS) is 17.9. The number of benzene rings is 1. The maximum Gasteiger partial charge on any atom is 0.251 e. The van der Waals surface area contributed by atoms with Gasteiger partial charge in [-0.3, -0.25) is 14.4 Å². The first-order chi connectivity index (χ1) is 10.0. The van der Waals surface area contributed by atoms with Crippen LogP contribution in [0.15, 0.2) is 24.3 Å². The Morgan fingerprint density at radius 3 is 2.57 bits per heavy atom. The molecule has 0 saturated carbocycles. The number of rotatable bonds is 4. The zero-order valence-electron chi connectivity index (χ0n) is 12.1. The highest BCUT2D eigenvalue weighted by Gasteiger charge is 2.31. The zero-order chi connectivity index (χ0) is 15.4. The van der Waals surface area contributed by atoms with Crippen molar-refractivity contribution in [1.82, 2.24) is 5.32 Å². The highest BCUT2D eigenvalue weighted by Crippen LogP contribution is 2.28. The average Bonchev–Trinajstić information content (AvgIpc) is 2.79. The lowest BCUT2D eigenvalue weighted by atomic mass is 10.2. The Morgan fingerprint density at radius 1 is 1.33 bits per heavy atom. The number of nitrogens with one attached hydrogen (secondary N) is 1. The topological polar surface area (TPSA) is 66.5 Å². The molecule has 1 saturated heterocycles. The number of carbonyl (C=O) groups excluding carboxylic acids is 3. The second-order valence-corrected chi connectivity index (χ2v) is 6.32. The average molecular weight is 306 g/mol. The van der Waals surface area contributed by atoms with Crippen molar-refractivity contribution in [3.63, 3.8) is 0 Å². The van der Waals surface area contributed by atoms with Gasteiger partial charge in [0.1, 0.15) is 0 Å². The van der Waals surface area contributed by atoms with Gasteiger partial charge in [0, 0.05) is 42.9 Å². The molecule has 1 aromatic carbocycles. The summed E-state index contributed by atoms with van der Waals surface area (Å²) in [5.74, 6) is -0.110. The van der Waals surface area contributed by atoms with E-state index >= 15 is 0 Å². The van der Waals surface area contributed by atoms with Crippen LogP contribution in [0.2, 0.25) is 0 Å². The summed E-state index contributed by atoms with van der Waals surface area (Å²) in [5.41, 5.74) is 1.33. The van der Waals surface area contributed by atoms with Crippen molar-refractivity contribution in [2.45, 2.75) is 25.5 Å². The molecule has 1 aromatic rings. The third-order valence-corrected chi connectivity index (χ3v) is 4.18. The Bertz CT molecular complexity index is 557. The Kier molecular flexibility index (Phi) is 5.01. The maximum atomic E-state index is 12.0. The fourth-order valence-electron chi connectivity index (χ4n) is 2.29. The number of hydrogen-bond donors (Lipinski definition) is 1. The summed E-state index contributed by atoms with van der Waals surface area (Å²) in [5, 5.41) is 2.77. The zero-order valence-corrected chi connectivity index (χ0v) is 12.9. The maximum absolute atomic E-state index is 12.0. The summed E-state index contributed by atoms with van der Waals surface area (Å²) >= 11 is 1.21. The van der Waals surface area contributed by atoms with Gasteiger partial charge in [-0.1, -0.05) is 11.8 Å². The van der Waals surface area contributed by atoms with Gasteiger partial charge in [-0.25, -0.2) is 0 Å².